The van der Waals surface area contributed by atoms with E-state index in [0.29, 0.717) is 24.2 Å². The lowest BCUT2D eigenvalue weighted by molar-refractivity contribution is -0.0364. The Hall–Kier alpha value is -4.53. The molecule has 0 amide bonds. The van der Waals surface area contributed by atoms with E-state index in [1.54, 1.807) is 36.0 Å². The number of nitrogens with one attached hydrogen (secondary N) is 1. The maximum absolute atomic E-state index is 14.2. The molecule has 34 heavy (non-hydrogen) atoms. The molecule has 1 aliphatic rings. The Labute approximate surface area is 192 Å². The fourth-order valence-electron chi connectivity index (χ4n) is 3.89. The highest BCUT2D eigenvalue weighted by atomic mass is 19.3. The van der Waals surface area contributed by atoms with Gasteiger partial charge >= 0.3 is 0 Å². The first-order chi connectivity index (χ1) is 16.4. The Morgan fingerprint density at radius 3 is 2.91 bits per heavy atom. The van der Waals surface area contributed by atoms with Crippen LogP contribution in [0.4, 0.5) is 20.5 Å². The summed E-state index contributed by atoms with van der Waals surface area (Å²) >= 11 is 0. The first-order valence-electron chi connectivity index (χ1n) is 10.4. The Morgan fingerprint density at radius 2 is 2.21 bits per heavy atom. The van der Waals surface area contributed by atoms with E-state index in [-0.39, 0.29) is 46.6 Å². The molecule has 0 unspecified atom stereocenters. The second kappa shape index (κ2) is 8.11. The third kappa shape index (κ3) is 3.57. The number of hydrogen-bond acceptors (Lipinski definition) is 8. The number of ether oxygens (including phenoxy) is 1. The van der Waals surface area contributed by atoms with Gasteiger partial charge in [-0.05, 0) is 18.6 Å². The van der Waals surface area contributed by atoms with E-state index in [1.807, 2.05) is 0 Å². The molecular formula is C22H19F2N9O. The number of pyridine rings is 2. The number of nitrogens with two attached hydrogens (primary N) is 1. The van der Waals surface area contributed by atoms with Gasteiger partial charge in [0.15, 0.2) is 23.0 Å². The molecule has 0 radical (unpaired) electrons. The van der Waals surface area contributed by atoms with E-state index in [4.69, 9.17) is 10.5 Å². The maximum atomic E-state index is 14.2. The van der Waals surface area contributed by atoms with Crippen molar-refractivity contribution < 1.29 is 13.5 Å². The van der Waals surface area contributed by atoms with Crippen LogP contribution in [0.25, 0.3) is 16.9 Å². The van der Waals surface area contributed by atoms with Crippen LogP contribution < -0.4 is 15.8 Å². The molecule has 0 atom stereocenters. The van der Waals surface area contributed by atoms with Gasteiger partial charge in [0.2, 0.25) is 5.95 Å². The van der Waals surface area contributed by atoms with Gasteiger partial charge in [-0.25, -0.2) is 4.98 Å². The number of hydrogen-bond donors (Lipinski definition) is 2. The summed E-state index contributed by atoms with van der Waals surface area (Å²) in [5.74, 6) is -1.99. The van der Waals surface area contributed by atoms with Crippen molar-refractivity contribution in [3.05, 3.63) is 59.8 Å². The van der Waals surface area contributed by atoms with Gasteiger partial charge in [-0.15, -0.1) is 0 Å². The molecule has 0 fully saturated rings. The lowest BCUT2D eigenvalue weighted by atomic mass is 10.1. The van der Waals surface area contributed by atoms with Gasteiger partial charge in [-0.2, -0.15) is 24.1 Å². The Bertz CT molecular complexity index is 1450. The highest BCUT2D eigenvalue weighted by Crippen LogP contribution is 2.38. The molecule has 10 nitrogen and oxygen atoms in total. The van der Waals surface area contributed by atoms with Gasteiger partial charge in [0.05, 0.1) is 6.20 Å². The summed E-state index contributed by atoms with van der Waals surface area (Å²) in [7, 11) is 1.67. The summed E-state index contributed by atoms with van der Waals surface area (Å²) in [6.45, 7) is 0.420. The molecule has 172 valence electrons. The van der Waals surface area contributed by atoms with Crippen molar-refractivity contribution in [3.63, 3.8) is 0 Å². The smallest absolute Gasteiger partial charge is 0.289 e. The van der Waals surface area contributed by atoms with E-state index in [9.17, 15) is 14.0 Å². The number of anilines is 2. The largest absolute Gasteiger partial charge is 0.450 e. The van der Waals surface area contributed by atoms with E-state index < -0.39 is 5.92 Å². The highest BCUT2D eigenvalue weighted by Gasteiger charge is 2.38. The number of aromatic nitrogens is 6. The Morgan fingerprint density at radius 1 is 1.35 bits per heavy atom. The van der Waals surface area contributed by atoms with Crippen LogP contribution in [0.15, 0.2) is 42.9 Å². The molecule has 0 bridgehead atoms. The van der Waals surface area contributed by atoms with Gasteiger partial charge in [0, 0.05) is 38.5 Å². The van der Waals surface area contributed by atoms with Crippen LogP contribution in [0.5, 0.6) is 5.75 Å². The normalized spacial score (nSPS) is 15.1. The summed E-state index contributed by atoms with van der Waals surface area (Å²) in [5, 5.41) is 17.1. The SMILES string of the molecule is Cn1c(Nc2cc3n(n2)CCCC3(F)F)nc2ncc(O/C(=C/N)c3ccccn3)c(C#N)c21. The van der Waals surface area contributed by atoms with Gasteiger partial charge < -0.3 is 20.4 Å². The fourth-order valence-corrected chi connectivity index (χ4v) is 3.89. The second-order valence-electron chi connectivity index (χ2n) is 7.69. The molecule has 0 aliphatic carbocycles. The van der Waals surface area contributed by atoms with Gasteiger partial charge in [-0.1, -0.05) is 6.07 Å². The van der Waals surface area contributed by atoms with Crippen LogP contribution in [0.2, 0.25) is 0 Å². The second-order valence-corrected chi connectivity index (χ2v) is 7.69. The van der Waals surface area contributed by atoms with Crippen molar-refractivity contribution in [2.75, 3.05) is 5.32 Å². The van der Waals surface area contributed by atoms with E-state index in [0.717, 1.165) is 0 Å². The Kier molecular flexibility index (Phi) is 5.09. The fraction of sp³-hybridized carbons (Fsp3) is 0.227. The zero-order valence-corrected chi connectivity index (χ0v) is 18.0. The number of halogens is 2. The minimum atomic E-state index is -2.93. The van der Waals surface area contributed by atoms with Crippen LogP contribution in [0.3, 0.4) is 0 Å². The molecule has 4 aromatic heterocycles. The maximum Gasteiger partial charge on any atom is 0.289 e. The average molecular weight is 463 g/mol. The summed E-state index contributed by atoms with van der Waals surface area (Å²) < 4.78 is 37.2. The predicted molar refractivity (Wildman–Crippen MR) is 119 cm³/mol. The third-order valence-corrected chi connectivity index (χ3v) is 5.52. The van der Waals surface area contributed by atoms with E-state index in [1.165, 1.54) is 23.1 Å². The van der Waals surface area contributed by atoms with Crippen LogP contribution in [-0.2, 0) is 19.5 Å². The summed E-state index contributed by atoms with van der Waals surface area (Å²) in [6, 6.07) is 8.70. The number of nitriles is 1. The first kappa shape index (κ1) is 21.3. The van der Waals surface area contributed by atoms with Crippen LogP contribution >= 0.6 is 0 Å². The summed E-state index contributed by atoms with van der Waals surface area (Å²) in [5.41, 5.74) is 6.92. The standard InChI is InChI=1S/C22H19F2N9O/c1-32-19-13(10-25)16(34-15(11-26)14-5-2-3-7-27-14)12-28-20(19)30-21(32)29-18-9-17-22(23,24)6-4-8-33(17)31-18/h2-3,5,7,9,11-12H,4,6,8,26H2,1H3,(H,28,29,30,31)/b15-11+. The molecule has 5 heterocycles. The van der Waals surface area contributed by atoms with E-state index >= 15 is 0 Å². The molecule has 0 spiro atoms. The topological polar surface area (TPSA) is 132 Å². The molecule has 4 aromatic rings. The summed E-state index contributed by atoms with van der Waals surface area (Å²) in [4.78, 5) is 12.9. The van der Waals surface area contributed by atoms with E-state index in [2.05, 4.69) is 31.4 Å². The highest BCUT2D eigenvalue weighted by molar-refractivity contribution is 5.84. The lowest BCUT2D eigenvalue weighted by Gasteiger charge is -2.22. The minimum absolute atomic E-state index is 0.137. The van der Waals surface area contributed by atoms with Crippen LogP contribution in [-0.4, -0.2) is 29.3 Å². The number of nitrogens with zero attached hydrogens (tertiary/aromatic N) is 7. The summed E-state index contributed by atoms with van der Waals surface area (Å²) in [6.07, 6.45) is 4.36. The zero-order valence-electron chi connectivity index (χ0n) is 18.0. The van der Waals surface area contributed by atoms with Gasteiger partial charge in [-0.3, -0.25) is 9.67 Å². The first-order valence-corrected chi connectivity index (χ1v) is 10.4. The number of fused-ring (bicyclic) bond motifs is 2. The van der Waals surface area contributed by atoms with Crippen molar-refractivity contribution in [2.45, 2.75) is 25.3 Å². The monoisotopic (exact) mass is 463 g/mol. The molecule has 0 saturated carbocycles. The van der Waals surface area contributed by atoms with Crippen molar-refractivity contribution in [1.82, 2.24) is 29.3 Å². The predicted octanol–water partition coefficient (Wildman–Crippen LogP) is 3.40. The molecule has 1 aliphatic heterocycles. The lowest BCUT2D eigenvalue weighted by Crippen LogP contribution is -2.25. The third-order valence-electron chi connectivity index (χ3n) is 5.52. The van der Waals surface area contributed by atoms with Crippen molar-refractivity contribution in [1.29, 1.82) is 5.26 Å². The molecule has 0 saturated heterocycles. The molecule has 5 rings (SSSR count). The zero-order chi connectivity index (χ0) is 23.9. The van der Waals surface area contributed by atoms with Crippen molar-refractivity contribution >= 4 is 28.7 Å². The number of aryl methyl sites for hydroxylation is 2. The molecule has 12 heteroatoms. The van der Waals surface area contributed by atoms with Gasteiger partial charge in [0.25, 0.3) is 5.92 Å². The number of imidazole rings is 1. The van der Waals surface area contributed by atoms with Crippen molar-refractivity contribution in [3.8, 4) is 11.8 Å². The number of rotatable bonds is 5. The molecule has 0 aromatic carbocycles. The van der Waals surface area contributed by atoms with Crippen molar-refractivity contribution in [2.24, 2.45) is 12.8 Å². The van der Waals surface area contributed by atoms with Gasteiger partial charge in [0.1, 0.15) is 28.5 Å². The number of alkyl halides is 2. The van der Waals surface area contributed by atoms with Crippen LogP contribution in [0, 0.1) is 11.3 Å². The quantitative estimate of drug-likeness (QED) is 0.431. The molecule has 3 N–H and O–H groups in total. The average Bonchev–Trinajstić information content (AvgIpc) is 3.39. The minimum Gasteiger partial charge on any atom is -0.450 e. The Balaban J connectivity index is 1.50. The molecular weight excluding hydrogens is 444 g/mol. The van der Waals surface area contributed by atoms with Crippen LogP contribution in [0.1, 0.15) is 29.8 Å².